The van der Waals surface area contributed by atoms with E-state index in [1.165, 1.54) is 11.1 Å². The van der Waals surface area contributed by atoms with Gasteiger partial charge in [0.2, 0.25) is 0 Å². The van der Waals surface area contributed by atoms with E-state index in [0.717, 1.165) is 64.2 Å². The minimum absolute atomic E-state index is 0.0891. The first-order valence-corrected chi connectivity index (χ1v) is 13.9. The third kappa shape index (κ3) is 6.96. The number of epoxide rings is 4. The fourth-order valence-corrected chi connectivity index (χ4v) is 5.65. The van der Waals surface area contributed by atoms with Crippen LogP contribution in [0, 0.1) is 0 Å². The molecule has 194 valence electrons. The van der Waals surface area contributed by atoms with Crippen LogP contribution in [-0.2, 0) is 18.9 Å². The Hall–Kier alpha value is -0.680. The predicted octanol–water partition coefficient (Wildman–Crippen LogP) is 7.45. The fraction of sp³-hybridized carbons (Fsp3) is 0.867. The number of hydrogen-bond acceptors (Lipinski definition) is 4. The van der Waals surface area contributed by atoms with E-state index in [2.05, 4.69) is 67.5 Å². The van der Waals surface area contributed by atoms with Crippen LogP contribution in [0.5, 0.6) is 0 Å². The van der Waals surface area contributed by atoms with E-state index >= 15 is 0 Å². The SMILES string of the molecule is C/C(=C\CC/C=C(\C)CC[C@H]1O[C@]1(C)CC[C@H]1OC1(C)C)CC[C@H]1O[C@]1(C)CC[C@H]1OC1(C)C. The first-order valence-electron chi connectivity index (χ1n) is 13.9. The summed E-state index contributed by atoms with van der Waals surface area (Å²) in [5, 5.41) is 0. The Morgan fingerprint density at radius 1 is 0.559 bits per heavy atom. The normalized spacial score (nSPS) is 39.8. The second-order valence-electron chi connectivity index (χ2n) is 13.1. The first-order chi connectivity index (χ1) is 15.8. The smallest absolute Gasteiger partial charge is 0.0921 e. The van der Waals surface area contributed by atoms with Gasteiger partial charge in [-0.2, -0.15) is 0 Å². The van der Waals surface area contributed by atoms with Crippen LogP contribution < -0.4 is 0 Å². The van der Waals surface area contributed by atoms with Crippen molar-refractivity contribution in [2.45, 2.75) is 166 Å². The van der Waals surface area contributed by atoms with Crippen LogP contribution in [0.25, 0.3) is 0 Å². The highest BCUT2D eigenvalue weighted by Crippen LogP contribution is 2.48. The minimum Gasteiger partial charge on any atom is -0.367 e. The largest absolute Gasteiger partial charge is 0.367 e. The van der Waals surface area contributed by atoms with Crippen LogP contribution >= 0.6 is 0 Å². The highest BCUT2D eigenvalue weighted by Gasteiger charge is 2.55. The summed E-state index contributed by atoms with van der Waals surface area (Å²) in [6.45, 7) is 17.8. The van der Waals surface area contributed by atoms with Crippen LogP contribution in [0.3, 0.4) is 0 Å². The van der Waals surface area contributed by atoms with Crippen molar-refractivity contribution in [3.05, 3.63) is 23.3 Å². The van der Waals surface area contributed by atoms with Crippen molar-refractivity contribution in [2.75, 3.05) is 0 Å². The van der Waals surface area contributed by atoms with Crippen LogP contribution in [0.4, 0.5) is 0 Å². The number of unbranched alkanes of at least 4 members (excludes halogenated alkanes) is 1. The minimum atomic E-state index is 0.0891. The lowest BCUT2D eigenvalue weighted by atomic mass is 9.94. The van der Waals surface area contributed by atoms with Crippen molar-refractivity contribution in [1.29, 1.82) is 0 Å². The summed E-state index contributed by atoms with van der Waals surface area (Å²) in [5.41, 5.74) is 3.38. The van der Waals surface area contributed by atoms with Crippen LogP contribution in [-0.4, -0.2) is 46.8 Å². The van der Waals surface area contributed by atoms with E-state index in [9.17, 15) is 0 Å². The standard InChI is InChI=1S/C30H50O4/c1-21(13-15-25-29(7,33-25)19-17-23-27(3,4)31-23)11-9-10-12-22(2)14-16-26-30(8,34-26)20-18-24-28(5,6)32-24/h11-12,23-26H,9-10,13-20H2,1-8H3/b21-11+,22-12+/t23-,24-,25-,26-,29-,30-/m1/s1. The summed E-state index contributed by atoms with van der Waals surface area (Å²) in [5.74, 6) is 0. The van der Waals surface area contributed by atoms with Gasteiger partial charge in [-0.05, 0) is 120 Å². The van der Waals surface area contributed by atoms with Gasteiger partial charge < -0.3 is 18.9 Å². The lowest BCUT2D eigenvalue weighted by Crippen LogP contribution is -2.13. The topological polar surface area (TPSA) is 50.1 Å². The van der Waals surface area contributed by atoms with E-state index in [0.29, 0.717) is 24.4 Å². The molecule has 0 aromatic carbocycles. The Balaban J connectivity index is 1.03. The molecule has 0 saturated carbocycles. The Kier molecular flexibility index (Phi) is 7.49. The number of rotatable bonds is 15. The molecule has 6 atom stereocenters. The molecule has 0 bridgehead atoms. The molecular formula is C30H50O4. The molecule has 4 rings (SSSR count). The summed E-state index contributed by atoms with van der Waals surface area (Å²) in [6.07, 6.45) is 17.9. The van der Waals surface area contributed by atoms with Crippen molar-refractivity contribution in [2.24, 2.45) is 0 Å². The van der Waals surface area contributed by atoms with Gasteiger partial charge in [-0.25, -0.2) is 0 Å². The van der Waals surface area contributed by atoms with Crippen LogP contribution in [0.15, 0.2) is 23.3 Å². The number of ether oxygens (including phenoxy) is 4. The zero-order valence-corrected chi connectivity index (χ0v) is 23.2. The van der Waals surface area contributed by atoms with Crippen molar-refractivity contribution in [3.63, 3.8) is 0 Å². The van der Waals surface area contributed by atoms with Gasteiger partial charge in [0.05, 0.1) is 46.8 Å². The number of hydrogen-bond donors (Lipinski definition) is 0. The van der Waals surface area contributed by atoms with Gasteiger partial charge in [-0.1, -0.05) is 23.3 Å². The highest BCUT2D eigenvalue weighted by molar-refractivity contribution is 5.08. The lowest BCUT2D eigenvalue weighted by molar-refractivity contribution is 0.274. The van der Waals surface area contributed by atoms with Gasteiger partial charge in [0, 0.05) is 0 Å². The summed E-state index contributed by atoms with van der Waals surface area (Å²) in [6, 6.07) is 0. The molecule has 4 fully saturated rings. The molecule has 0 aliphatic carbocycles. The lowest BCUT2D eigenvalue weighted by Gasteiger charge is -2.06. The Morgan fingerprint density at radius 3 is 1.24 bits per heavy atom. The molecule has 4 heterocycles. The molecule has 4 nitrogen and oxygen atoms in total. The van der Waals surface area contributed by atoms with E-state index < -0.39 is 0 Å². The van der Waals surface area contributed by atoms with Gasteiger partial charge in [0.15, 0.2) is 0 Å². The van der Waals surface area contributed by atoms with Crippen LogP contribution in [0.2, 0.25) is 0 Å². The summed E-state index contributed by atoms with van der Waals surface area (Å²) in [4.78, 5) is 0. The Labute approximate surface area is 208 Å². The van der Waals surface area contributed by atoms with Gasteiger partial charge in [-0.3, -0.25) is 0 Å². The molecule has 4 aliphatic rings. The Bertz CT molecular complexity index is 730. The molecule has 34 heavy (non-hydrogen) atoms. The average molecular weight is 475 g/mol. The predicted molar refractivity (Wildman–Crippen MR) is 138 cm³/mol. The highest BCUT2D eigenvalue weighted by atomic mass is 16.6. The van der Waals surface area contributed by atoms with Crippen molar-refractivity contribution >= 4 is 0 Å². The van der Waals surface area contributed by atoms with E-state index in [-0.39, 0.29) is 22.4 Å². The average Bonchev–Trinajstić information content (AvgIpc) is 3.69. The second-order valence-corrected chi connectivity index (χ2v) is 13.1. The number of allylic oxidation sites excluding steroid dienone is 4. The molecular weight excluding hydrogens is 424 g/mol. The monoisotopic (exact) mass is 474 g/mol. The quantitative estimate of drug-likeness (QED) is 0.140. The van der Waals surface area contributed by atoms with Crippen molar-refractivity contribution < 1.29 is 18.9 Å². The third-order valence-electron chi connectivity index (χ3n) is 8.96. The zero-order valence-electron chi connectivity index (χ0n) is 23.2. The van der Waals surface area contributed by atoms with Gasteiger partial charge >= 0.3 is 0 Å². The molecule has 0 spiro atoms. The van der Waals surface area contributed by atoms with E-state index in [1.807, 2.05) is 0 Å². The maximum absolute atomic E-state index is 6.05. The maximum atomic E-state index is 6.05. The molecule has 0 aromatic heterocycles. The maximum Gasteiger partial charge on any atom is 0.0921 e. The van der Waals surface area contributed by atoms with Crippen LogP contribution in [0.1, 0.15) is 120 Å². The third-order valence-corrected chi connectivity index (χ3v) is 8.96. The molecule has 4 heteroatoms. The molecule has 0 unspecified atom stereocenters. The fourth-order valence-electron chi connectivity index (χ4n) is 5.65. The first kappa shape index (κ1) is 26.4. The summed E-state index contributed by atoms with van der Waals surface area (Å²) in [7, 11) is 0. The van der Waals surface area contributed by atoms with Gasteiger partial charge in [0.25, 0.3) is 0 Å². The molecule has 0 radical (unpaired) electrons. The molecule has 0 amide bonds. The summed E-state index contributed by atoms with van der Waals surface area (Å²) >= 11 is 0. The van der Waals surface area contributed by atoms with E-state index in [4.69, 9.17) is 18.9 Å². The summed E-state index contributed by atoms with van der Waals surface area (Å²) < 4.78 is 23.5. The second kappa shape index (κ2) is 9.65. The molecule has 0 N–H and O–H groups in total. The van der Waals surface area contributed by atoms with Crippen molar-refractivity contribution in [1.82, 2.24) is 0 Å². The van der Waals surface area contributed by atoms with E-state index in [1.54, 1.807) is 0 Å². The molecule has 4 saturated heterocycles. The van der Waals surface area contributed by atoms with Gasteiger partial charge in [-0.15, -0.1) is 0 Å². The van der Waals surface area contributed by atoms with Crippen molar-refractivity contribution in [3.8, 4) is 0 Å². The molecule has 0 aromatic rings. The zero-order chi connectivity index (χ0) is 24.8. The Morgan fingerprint density at radius 2 is 0.912 bits per heavy atom. The van der Waals surface area contributed by atoms with Gasteiger partial charge in [0.1, 0.15) is 0 Å². The molecule has 4 aliphatic heterocycles.